The molecule has 1 aromatic rings. The number of aromatic nitrogens is 1. The molecule has 1 aliphatic heterocycles. The van der Waals surface area contributed by atoms with E-state index in [2.05, 4.69) is 23.2 Å². The van der Waals surface area contributed by atoms with Gasteiger partial charge in [-0.15, -0.1) is 0 Å². The molecule has 100 valence electrons. The molecule has 0 amide bonds. The minimum absolute atomic E-state index is 0.835. The second kappa shape index (κ2) is 5.18. The third-order valence-corrected chi connectivity index (χ3v) is 4.23. The van der Waals surface area contributed by atoms with Crippen LogP contribution < -0.4 is 10.2 Å². The van der Waals surface area contributed by atoms with Gasteiger partial charge in [0.2, 0.25) is 0 Å². The van der Waals surface area contributed by atoms with E-state index in [1.165, 1.54) is 24.0 Å². The predicted octanol–water partition coefficient (Wildman–Crippen LogP) is 1.55. The lowest BCUT2D eigenvalue weighted by atomic mass is 9.88. The monoisotopic (exact) mass is 256 g/mol. The fourth-order valence-corrected chi connectivity index (χ4v) is 3.22. The van der Waals surface area contributed by atoms with E-state index in [1.54, 1.807) is 0 Å². The van der Waals surface area contributed by atoms with Gasteiger partial charge in [-0.25, -0.2) is 4.98 Å². The van der Waals surface area contributed by atoms with E-state index in [4.69, 9.17) is 4.98 Å². The van der Waals surface area contributed by atoms with Gasteiger partial charge in [-0.05, 0) is 43.7 Å². The Morgan fingerprint density at radius 2 is 1.84 bits per heavy atom. The van der Waals surface area contributed by atoms with Crippen LogP contribution in [0.3, 0.4) is 0 Å². The number of hydrogen-bond acceptors (Lipinski definition) is 4. The topological polar surface area (TPSA) is 52.0 Å². The first kappa shape index (κ1) is 12.4. The van der Waals surface area contributed by atoms with Gasteiger partial charge in [0.25, 0.3) is 0 Å². The molecule has 0 spiro atoms. The highest BCUT2D eigenvalue weighted by atomic mass is 15.2. The highest BCUT2D eigenvalue weighted by Crippen LogP contribution is 2.31. The number of anilines is 1. The molecule has 19 heavy (non-hydrogen) atoms. The first-order valence-electron chi connectivity index (χ1n) is 7.19. The molecule has 4 heteroatoms. The zero-order valence-corrected chi connectivity index (χ0v) is 11.5. The van der Waals surface area contributed by atoms with Crippen LogP contribution in [-0.4, -0.2) is 31.2 Å². The van der Waals surface area contributed by atoms with Gasteiger partial charge in [-0.3, -0.25) is 0 Å². The number of pyridine rings is 1. The summed E-state index contributed by atoms with van der Waals surface area (Å²) in [7, 11) is 0. The molecule has 0 atom stereocenters. The van der Waals surface area contributed by atoms with Crippen LogP contribution in [0.1, 0.15) is 35.2 Å². The van der Waals surface area contributed by atoms with Crippen molar-refractivity contribution >= 4 is 5.82 Å². The van der Waals surface area contributed by atoms with Crippen molar-refractivity contribution in [2.24, 2.45) is 0 Å². The van der Waals surface area contributed by atoms with E-state index in [0.29, 0.717) is 0 Å². The maximum Gasteiger partial charge on any atom is 0.147 e. The molecule has 0 bridgehead atoms. The third kappa shape index (κ3) is 2.19. The van der Waals surface area contributed by atoms with Crippen molar-refractivity contribution in [2.75, 3.05) is 31.1 Å². The van der Waals surface area contributed by atoms with Gasteiger partial charge in [0, 0.05) is 31.9 Å². The maximum atomic E-state index is 9.56. The fourth-order valence-electron chi connectivity index (χ4n) is 3.22. The Morgan fingerprint density at radius 3 is 2.53 bits per heavy atom. The molecular formula is C15H20N4. The van der Waals surface area contributed by atoms with Crippen molar-refractivity contribution in [2.45, 2.75) is 32.6 Å². The predicted molar refractivity (Wildman–Crippen MR) is 75.4 cm³/mol. The quantitative estimate of drug-likeness (QED) is 0.828. The van der Waals surface area contributed by atoms with Gasteiger partial charge in [0.15, 0.2) is 0 Å². The molecule has 1 fully saturated rings. The number of nitrogens with one attached hydrogen (secondary N) is 1. The van der Waals surface area contributed by atoms with Crippen molar-refractivity contribution in [3.63, 3.8) is 0 Å². The molecule has 2 aliphatic rings. The summed E-state index contributed by atoms with van der Waals surface area (Å²) in [5.74, 6) is 0.919. The van der Waals surface area contributed by atoms with Gasteiger partial charge >= 0.3 is 0 Å². The Morgan fingerprint density at radius 1 is 1.16 bits per heavy atom. The van der Waals surface area contributed by atoms with E-state index in [-0.39, 0.29) is 0 Å². The lowest BCUT2D eigenvalue weighted by molar-refractivity contribution is 0.582. The van der Waals surface area contributed by atoms with Gasteiger partial charge in [0.1, 0.15) is 11.9 Å². The van der Waals surface area contributed by atoms with Gasteiger partial charge in [-0.1, -0.05) is 0 Å². The van der Waals surface area contributed by atoms with Crippen LogP contribution in [0.15, 0.2) is 0 Å². The van der Waals surface area contributed by atoms with E-state index in [1.807, 2.05) is 0 Å². The number of piperazine rings is 1. The summed E-state index contributed by atoms with van der Waals surface area (Å²) in [4.78, 5) is 7.02. The molecule has 1 saturated heterocycles. The zero-order valence-electron chi connectivity index (χ0n) is 11.5. The smallest absolute Gasteiger partial charge is 0.147 e. The highest BCUT2D eigenvalue weighted by molar-refractivity contribution is 5.61. The minimum atomic E-state index is 0.835. The zero-order chi connectivity index (χ0) is 13.2. The van der Waals surface area contributed by atoms with Crippen LogP contribution in [0.5, 0.6) is 0 Å². The Hall–Kier alpha value is -1.60. The van der Waals surface area contributed by atoms with Crippen molar-refractivity contribution in [1.29, 1.82) is 5.26 Å². The summed E-state index contributed by atoms with van der Waals surface area (Å²) >= 11 is 0. The van der Waals surface area contributed by atoms with E-state index < -0.39 is 0 Å². The van der Waals surface area contributed by atoms with Crippen LogP contribution in [0.25, 0.3) is 0 Å². The Bertz CT molecular complexity index is 524. The van der Waals surface area contributed by atoms with Crippen molar-refractivity contribution in [1.82, 2.24) is 10.3 Å². The largest absolute Gasteiger partial charge is 0.353 e. The van der Waals surface area contributed by atoms with Crippen molar-refractivity contribution in [3.8, 4) is 6.07 Å². The average molecular weight is 256 g/mol. The molecule has 1 aliphatic carbocycles. The third-order valence-electron chi connectivity index (χ3n) is 4.23. The Labute approximate surface area is 114 Å². The summed E-state index contributed by atoms with van der Waals surface area (Å²) in [6.45, 7) is 5.93. The van der Waals surface area contributed by atoms with Crippen LogP contribution in [0.2, 0.25) is 0 Å². The van der Waals surface area contributed by atoms with Crippen LogP contribution in [0.4, 0.5) is 5.82 Å². The first-order valence-corrected chi connectivity index (χ1v) is 7.19. The number of nitrogens with zero attached hydrogens (tertiary/aromatic N) is 3. The van der Waals surface area contributed by atoms with Gasteiger partial charge in [0.05, 0.1) is 5.56 Å². The molecule has 1 aromatic heterocycles. The SMILES string of the molecule is Cc1nc(N2CCNCC2)c(C#N)c2c1CCCC2. The lowest BCUT2D eigenvalue weighted by Gasteiger charge is -2.31. The molecule has 2 heterocycles. The first-order chi connectivity index (χ1) is 9.31. The van der Waals surface area contributed by atoms with E-state index in [0.717, 1.165) is 56.1 Å². The summed E-state index contributed by atoms with van der Waals surface area (Å²) in [5.41, 5.74) is 4.57. The van der Waals surface area contributed by atoms with Crippen LogP contribution >= 0.6 is 0 Å². The minimum Gasteiger partial charge on any atom is -0.353 e. The standard InChI is InChI=1S/C15H20N4/c1-11-12-4-2-3-5-13(12)14(10-16)15(18-11)19-8-6-17-7-9-19/h17H,2-9H2,1H3. The molecule has 3 rings (SSSR count). The number of aryl methyl sites for hydroxylation is 1. The number of hydrogen-bond donors (Lipinski definition) is 1. The number of fused-ring (bicyclic) bond motifs is 1. The van der Waals surface area contributed by atoms with Gasteiger partial charge in [-0.2, -0.15) is 5.26 Å². The van der Waals surface area contributed by atoms with E-state index in [9.17, 15) is 5.26 Å². The molecule has 0 radical (unpaired) electrons. The average Bonchev–Trinajstić information content (AvgIpc) is 2.48. The normalized spacial score (nSPS) is 18.8. The lowest BCUT2D eigenvalue weighted by Crippen LogP contribution is -2.44. The Balaban J connectivity index is 2.09. The van der Waals surface area contributed by atoms with Crippen LogP contribution in [-0.2, 0) is 12.8 Å². The van der Waals surface area contributed by atoms with E-state index >= 15 is 0 Å². The molecular weight excluding hydrogens is 236 g/mol. The fraction of sp³-hybridized carbons (Fsp3) is 0.600. The number of rotatable bonds is 1. The number of nitriles is 1. The second-order valence-electron chi connectivity index (χ2n) is 5.41. The van der Waals surface area contributed by atoms with Gasteiger partial charge < -0.3 is 10.2 Å². The second-order valence-corrected chi connectivity index (χ2v) is 5.41. The molecule has 0 saturated carbocycles. The van der Waals surface area contributed by atoms with Crippen molar-refractivity contribution in [3.05, 3.63) is 22.4 Å². The Kier molecular flexibility index (Phi) is 3.39. The molecule has 0 aromatic carbocycles. The van der Waals surface area contributed by atoms with Crippen molar-refractivity contribution < 1.29 is 0 Å². The summed E-state index contributed by atoms with van der Waals surface area (Å²) in [6, 6.07) is 2.42. The molecule has 1 N–H and O–H groups in total. The highest BCUT2D eigenvalue weighted by Gasteiger charge is 2.23. The summed E-state index contributed by atoms with van der Waals surface area (Å²) < 4.78 is 0. The van der Waals surface area contributed by atoms with Crippen LogP contribution in [0, 0.1) is 18.3 Å². The maximum absolute atomic E-state index is 9.56. The molecule has 0 unspecified atom stereocenters. The molecule has 4 nitrogen and oxygen atoms in total. The summed E-state index contributed by atoms with van der Waals surface area (Å²) in [6.07, 6.45) is 4.56. The summed E-state index contributed by atoms with van der Waals surface area (Å²) in [5, 5.41) is 12.9.